The largest absolute Gasteiger partial charge is 0.417 e. The van der Waals surface area contributed by atoms with Crippen molar-refractivity contribution in [1.29, 1.82) is 0 Å². The van der Waals surface area contributed by atoms with Crippen molar-refractivity contribution in [3.05, 3.63) is 59.0 Å². The summed E-state index contributed by atoms with van der Waals surface area (Å²) in [7, 11) is 0. The van der Waals surface area contributed by atoms with Crippen molar-refractivity contribution in [2.75, 3.05) is 5.73 Å². The van der Waals surface area contributed by atoms with Crippen LogP contribution in [0.1, 0.15) is 59.4 Å². The molecule has 0 radical (unpaired) electrons. The molecule has 6 nitrogen and oxygen atoms in total. The van der Waals surface area contributed by atoms with Gasteiger partial charge in [0.05, 0.1) is 22.9 Å². The number of rotatable bonds is 2. The number of amides is 1. The van der Waals surface area contributed by atoms with Gasteiger partial charge in [-0.1, -0.05) is 0 Å². The number of nitrogens with zero attached hydrogens (tertiary/aromatic N) is 4. The van der Waals surface area contributed by atoms with Crippen LogP contribution in [0, 0.1) is 6.92 Å². The van der Waals surface area contributed by atoms with E-state index in [1.807, 2.05) is 19.9 Å². The normalized spacial score (nSPS) is 19.6. The van der Waals surface area contributed by atoms with Gasteiger partial charge in [0.25, 0.3) is 5.91 Å². The van der Waals surface area contributed by atoms with Crippen molar-refractivity contribution in [3.63, 3.8) is 0 Å². The van der Waals surface area contributed by atoms with E-state index >= 15 is 0 Å². The fourth-order valence-electron chi connectivity index (χ4n) is 4.04. The summed E-state index contributed by atoms with van der Waals surface area (Å²) >= 11 is 0. The topological polar surface area (TPSA) is 85.0 Å². The highest BCUT2D eigenvalue weighted by molar-refractivity contribution is 5.97. The van der Waals surface area contributed by atoms with Gasteiger partial charge in [-0.05, 0) is 62.9 Å². The zero-order chi connectivity index (χ0) is 22.3. The van der Waals surface area contributed by atoms with E-state index in [2.05, 4.69) is 15.0 Å². The van der Waals surface area contributed by atoms with E-state index < -0.39 is 17.8 Å². The maximum Gasteiger partial charge on any atom is 0.417 e. The van der Waals surface area contributed by atoms with Gasteiger partial charge in [-0.2, -0.15) is 13.2 Å². The first-order valence-corrected chi connectivity index (χ1v) is 10.0. The van der Waals surface area contributed by atoms with Gasteiger partial charge in [0, 0.05) is 23.8 Å². The number of anilines is 1. The van der Waals surface area contributed by atoms with Crippen LogP contribution in [0.25, 0.3) is 11.0 Å². The summed E-state index contributed by atoms with van der Waals surface area (Å²) in [5.41, 5.74) is 7.11. The Morgan fingerprint density at radius 3 is 2.61 bits per heavy atom. The molecule has 1 aliphatic rings. The second kappa shape index (κ2) is 7.79. The summed E-state index contributed by atoms with van der Waals surface area (Å²) in [6, 6.07) is 5.44. The maximum atomic E-state index is 13.4. The number of aromatic nitrogens is 3. The molecule has 0 bridgehead atoms. The monoisotopic (exact) mass is 429 g/mol. The number of pyridine rings is 3. The molecule has 0 spiro atoms. The van der Waals surface area contributed by atoms with E-state index in [4.69, 9.17) is 5.73 Å². The molecule has 0 saturated carbocycles. The molecule has 3 aromatic heterocycles. The summed E-state index contributed by atoms with van der Waals surface area (Å²) in [5, 5.41) is 0.700. The Kier molecular flexibility index (Phi) is 5.28. The highest BCUT2D eigenvalue weighted by atomic mass is 19.4. The number of nitrogen functional groups attached to an aromatic ring is 1. The first-order valence-electron chi connectivity index (χ1n) is 10.0. The zero-order valence-electron chi connectivity index (χ0n) is 17.1. The van der Waals surface area contributed by atoms with Gasteiger partial charge in [0.15, 0.2) is 5.65 Å². The van der Waals surface area contributed by atoms with Gasteiger partial charge < -0.3 is 10.6 Å². The predicted octanol–water partition coefficient (Wildman–Crippen LogP) is 4.69. The summed E-state index contributed by atoms with van der Waals surface area (Å²) in [6.07, 6.45) is 0.135. The maximum absolute atomic E-state index is 13.4. The minimum Gasteiger partial charge on any atom is -0.383 e. The fraction of sp³-hybridized carbons (Fsp3) is 0.364. The highest BCUT2D eigenvalue weighted by Crippen LogP contribution is 2.36. The molecular formula is C22H22F3N5O. The lowest BCUT2D eigenvalue weighted by Gasteiger charge is -2.40. The molecule has 1 saturated heterocycles. The molecule has 1 amide bonds. The number of fused-ring (bicyclic) bond motifs is 1. The van der Waals surface area contributed by atoms with E-state index in [9.17, 15) is 18.0 Å². The van der Waals surface area contributed by atoms with Gasteiger partial charge in [0.2, 0.25) is 0 Å². The smallest absolute Gasteiger partial charge is 0.383 e. The lowest BCUT2D eigenvalue weighted by atomic mass is 9.93. The third kappa shape index (κ3) is 4.04. The standard InChI is InChI=1S/C22H22F3N5O/c1-12-8-14-9-15(10-28-20(14)29-19(12)26)21(31)30-13(2)4-3-5-18(30)17-7-6-16(11-27-17)22(23,24)25/h6-11,13,18H,3-5H2,1-2H3,(H2,26,28,29). The van der Waals surface area contributed by atoms with Crippen LogP contribution in [0.4, 0.5) is 19.0 Å². The van der Waals surface area contributed by atoms with Gasteiger partial charge >= 0.3 is 6.18 Å². The van der Waals surface area contributed by atoms with Crippen LogP contribution in [0.3, 0.4) is 0 Å². The number of alkyl halides is 3. The molecule has 0 aromatic carbocycles. The Hall–Kier alpha value is -3.23. The molecule has 4 heterocycles. The third-order valence-corrected chi connectivity index (χ3v) is 5.74. The second-order valence-electron chi connectivity index (χ2n) is 7.94. The zero-order valence-corrected chi connectivity index (χ0v) is 17.1. The van der Waals surface area contributed by atoms with E-state index in [0.717, 1.165) is 30.7 Å². The Balaban J connectivity index is 1.69. The summed E-state index contributed by atoms with van der Waals surface area (Å²) in [4.78, 5) is 27.7. The quantitative estimate of drug-likeness (QED) is 0.639. The van der Waals surface area contributed by atoms with E-state index in [1.54, 1.807) is 11.0 Å². The van der Waals surface area contributed by atoms with Crippen molar-refractivity contribution in [1.82, 2.24) is 19.9 Å². The van der Waals surface area contributed by atoms with E-state index in [0.29, 0.717) is 34.5 Å². The summed E-state index contributed by atoms with van der Waals surface area (Å²) < 4.78 is 38.7. The summed E-state index contributed by atoms with van der Waals surface area (Å²) in [6.45, 7) is 3.77. The van der Waals surface area contributed by atoms with Crippen LogP contribution < -0.4 is 5.73 Å². The summed E-state index contributed by atoms with van der Waals surface area (Å²) in [5.74, 6) is 0.153. The number of hydrogen-bond acceptors (Lipinski definition) is 5. The first kappa shape index (κ1) is 21.0. The second-order valence-corrected chi connectivity index (χ2v) is 7.94. The van der Waals surface area contributed by atoms with Crippen LogP contribution >= 0.6 is 0 Å². The van der Waals surface area contributed by atoms with Crippen LogP contribution in [0.5, 0.6) is 0 Å². The molecule has 0 aliphatic carbocycles. The van der Waals surface area contributed by atoms with Crippen LogP contribution in [-0.4, -0.2) is 31.8 Å². The fourth-order valence-corrected chi connectivity index (χ4v) is 4.04. The number of halogens is 3. The molecule has 2 unspecified atom stereocenters. The molecule has 162 valence electrons. The predicted molar refractivity (Wildman–Crippen MR) is 110 cm³/mol. The minimum absolute atomic E-state index is 0.0858. The lowest BCUT2D eigenvalue weighted by molar-refractivity contribution is -0.137. The third-order valence-electron chi connectivity index (χ3n) is 5.74. The van der Waals surface area contributed by atoms with Crippen molar-refractivity contribution in [2.24, 2.45) is 0 Å². The van der Waals surface area contributed by atoms with Crippen molar-refractivity contribution in [2.45, 2.75) is 51.4 Å². The Labute approximate surface area is 177 Å². The number of nitrogens with two attached hydrogens (primary N) is 1. The Morgan fingerprint density at radius 2 is 1.94 bits per heavy atom. The van der Waals surface area contributed by atoms with Gasteiger partial charge in [0.1, 0.15) is 5.82 Å². The molecule has 2 N–H and O–H groups in total. The van der Waals surface area contributed by atoms with Crippen molar-refractivity contribution in [3.8, 4) is 0 Å². The Bertz CT molecular complexity index is 1130. The molecular weight excluding hydrogens is 407 g/mol. The van der Waals surface area contributed by atoms with Crippen LogP contribution in [0.2, 0.25) is 0 Å². The molecule has 4 rings (SSSR count). The van der Waals surface area contributed by atoms with Gasteiger partial charge in [-0.3, -0.25) is 9.78 Å². The molecule has 1 fully saturated rings. The number of carbonyl (C=O) groups is 1. The average Bonchev–Trinajstić information content (AvgIpc) is 2.73. The molecule has 31 heavy (non-hydrogen) atoms. The molecule has 1 aliphatic heterocycles. The van der Waals surface area contributed by atoms with Gasteiger partial charge in [-0.25, -0.2) is 9.97 Å². The minimum atomic E-state index is -4.45. The van der Waals surface area contributed by atoms with Crippen molar-refractivity contribution < 1.29 is 18.0 Å². The van der Waals surface area contributed by atoms with Crippen LogP contribution in [0.15, 0.2) is 36.7 Å². The van der Waals surface area contributed by atoms with Crippen LogP contribution in [-0.2, 0) is 6.18 Å². The number of piperidine rings is 1. The SMILES string of the molecule is Cc1cc2cc(C(=O)N3C(C)CCCC3c3ccc(C(F)(F)F)cn3)cnc2nc1N. The van der Waals surface area contributed by atoms with E-state index in [-0.39, 0.29) is 11.9 Å². The molecule has 9 heteroatoms. The molecule has 2 atom stereocenters. The molecule has 3 aromatic rings. The number of aryl methyl sites for hydroxylation is 1. The van der Waals surface area contributed by atoms with Gasteiger partial charge in [-0.15, -0.1) is 0 Å². The Morgan fingerprint density at radius 1 is 1.16 bits per heavy atom. The number of carbonyl (C=O) groups excluding carboxylic acids is 1. The average molecular weight is 429 g/mol. The number of hydrogen-bond donors (Lipinski definition) is 1. The number of likely N-dealkylation sites (tertiary alicyclic amines) is 1. The lowest BCUT2D eigenvalue weighted by Crippen LogP contribution is -2.44. The van der Waals surface area contributed by atoms with Crippen molar-refractivity contribution >= 4 is 22.8 Å². The van der Waals surface area contributed by atoms with E-state index in [1.165, 1.54) is 12.3 Å². The highest BCUT2D eigenvalue weighted by Gasteiger charge is 2.36. The first-order chi connectivity index (χ1) is 14.6.